The summed E-state index contributed by atoms with van der Waals surface area (Å²) in [6.07, 6.45) is -0.491. The molecular weight excluding hydrogens is 576 g/mol. The fourth-order valence-corrected chi connectivity index (χ4v) is 5.35. The Labute approximate surface area is 261 Å². The molecule has 0 bridgehead atoms. The highest BCUT2D eigenvalue weighted by atomic mass is 16.5. The molecule has 3 aromatic carbocycles. The van der Waals surface area contributed by atoms with Gasteiger partial charge in [0.05, 0.1) is 30.4 Å². The predicted molar refractivity (Wildman–Crippen MR) is 172 cm³/mol. The number of aromatic nitrogens is 1. The minimum Gasteiger partial charge on any atom is -0.487 e. The molecule has 12 heteroatoms. The number of urea groups is 2. The first-order valence-electron chi connectivity index (χ1n) is 14.8. The average Bonchev–Trinajstić information content (AvgIpc) is 3.34. The normalized spacial score (nSPS) is 17.0. The van der Waals surface area contributed by atoms with Crippen LogP contribution < -0.4 is 20.7 Å². The van der Waals surface area contributed by atoms with Crippen LogP contribution >= 0.6 is 0 Å². The Morgan fingerprint density at radius 3 is 2.58 bits per heavy atom. The molecule has 1 aliphatic heterocycles. The van der Waals surface area contributed by atoms with Gasteiger partial charge in [-0.25, -0.2) is 9.59 Å². The average molecular weight is 615 g/mol. The number of carbonyl (C=O) groups excluding carboxylic acids is 3. The van der Waals surface area contributed by atoms with Crippen LogP contribution in [0.3, 0.4) is 0 Å². The van der Waals surface area contributed by atoms with Gasteiger partial charge in [-0.15, -0.1) is 0 Å². The summed E-state index contributed by atoms with van der Waals surface area (Å²) in [5, 5.41) is 24.2. The van der Waals surface area contributed by atoms with E-state index in [1.807, 2.05) is 49.4 Å². The standard InChI is InChI=1S/C33H38N6O6/c1-19-16-39(20(2)18-40)31(41)26-15-24(34-32(42)36-30-21(3)37-45-22(30)4)13-14-28(26)44-29(19)17-38(5)33(43)35-27-12-8-10-23-9-6-7-11-25(23)27/h6-15,19-20,29,40H,16-18H2,1-5H3,(H,35,43)(H2,34,36,42)/t19-,20-,29+/m0/s1. The fraction of sp³-hybridized carbons (Fsp3) is 0.333. The Balaban J connectivity index is 1.36. The zero-order valence-corrected chi connectivity index (χ0v) is 26.0. The lowest BCUT2D eigenvalue weighted by molar-refractivity contribution is 0.0371. The van der Waals surface area contributed by atoms with Crippen molar-refractivity contribution in [1.82, 2.24) is 15.0 Å². The zero-order chi connectivity index (χ0) is 32.2. The molecule has 45 heavy (non-hydrogen) atoms. The third-order valence-electron chi connectivity index (χ3n) is 8.03. The van der Waals surface area contributed by atoms with E-state index >= 15 is 0 Å². The van der Waals surface area contributed by atoms with Gasteiger partial charge in [-0.1, -0.05) is 48.5 Å². The number of aliphatic hydroxyl groups is 1. The van der Waals surface area contributed by atoms with Gasteiger partial charge in [0.25, 0.3) is 5.91 Å². The van der Waals surface area contributed by atoms with Crippen LogP contribution in [-0.4, -0.2) is 76.9 Å². The van der Waals surface area contributed by atoms with E-state index < -0.39 is 18.2 Å². The molecule has 0 saturated heterocycles. The Morgan fingerprint density at radius 2 is 1.84 bits per heavy atom. The Kier molecular flexibility index (Phi) is 9.24. The third-order valence-corrected chi connectivity index (χ3v) is 8.03. The molecule has 3 atom stereocenters. The number of carbonyl (C=O) groups is 3. The van der Waals surface area contributed by atoms with Crippen LogP contribution in [0.25, 0.3) is 10.8 Å². The number of hydrogen-bond acceptors (Lipinski definition) is 7. The summed E-state index contributed by atoms with van der Waals surface area (Å²) >= 11 is 0. The van der Waals surface area contributed by atoms with E-state index in [0.29, 0.717) is 34.3 Å². The monoisotopic (exact) mass is 614 g/mol. The number of nitrogens with one attached hydrogen (secondary N) is 3. The van der Waals surface area contributed by atoms with Gasteiger partial charge in [-0.05, 0) is 50.4 Å². The van der Waals surface area contributed by atoms with Crippen molar-refractivity contribution in [2.24, 2.45) is 5.92 Å². The van der Waals surface area contributed by atoms with Crippen LogP contribution in [0.5, 0.6) is 5.75 Å². The van der Waals surface area contributed by atoms with Gasteiger partial charge in [0.2, 0.25) is 0 Å². The molecule has 1 aromatic heterocycles. The van der Waals surface area contributed by atoms with Crippen LogP contribution in [0.15, 0.2) is 65.2 Å². The number of nitrogens with zero attached hydrogens (tertiary/aromatic N) is 3. The summed E-state index contributed by atoms with van der Waals surface area (Å²) in [6.45, 7) is 7.41. The number of fused-ring (bicyclic) bond motifs is 2. The molecule has 1 aliphatic rings. The lowest BCUT2D eigenvalue weighted by Crippen LogP contribution is -2.50. The number of amides is 5. The molecule has 0 fully saturated rings. The second kappa shape index (κ2) is 13.3. The van der Waals surface area contributed by atoms with Crippen LogP contribution in [0.1, 0.15) is 35.7 Å². The maximum atomic E-state index is 13.8. The van der Waals surface area contributed by atoms with E-state index in [0.717, 1.165) is 10.8 Å². The second-order valence-electron chi connectivity index (χ2n) is 11.4. The van der Waals surface area contributed by atoms with Crippen molar-refractivity contribution in [1.29, 1.82) is 0 Å². The van der Waals surface area contributed by atoms with Gasteiger partial charge >= 0.3 is 12.1 Å². The van der Waals surface area contributed by atoms with E-state index in [-0.39, 0.29) is 43.1 Å². The molecular formula is C33H38N6O6. The summed E-state index contributed by atoms with van der Waals surface area (Å²) in [5.74, 6) is 0.247. The fourth-order valence-electron chi connectivity index (χ4n) is 5.35. The van der Waals surface area contributed by atoms with Gasteiger partial charge < -0.3 is 40.1 Å². The van der Waals surface area contributed by atoms with E-state index in [1.54, 1.807) is 55.8 Å². The van der Waals surface area contributed by atoms with Gasteiger partial charge in [0.1, 0.15) is 23.2 Å². The minimum absolute atomic E-state index is 0.192. The predicted octanol–water partition coefficient (Wildman–Crippen LogP) is 5.47. The largest absolute Gasteiger partial charge is 0.487 e. The number of anilines is 3. The topological polar surface area (TPSA) is 149 Å². The smallest absolute Gasteiger partial charge is 0.323 e. The molecule has 0 spiro atoms. The molecule has 0 unspecified atom stereocenters. The minimum atomic E-state index is -0.533. The van der Waals surface area contributed by atoms with Crippen molar-refractivity contribution >= 4 is 45.8 Å². The highest BCUT2D eigenvalue weighted by molar-refractivity contribution is 6.03. The first-order valence-corrected chi connectivity index (χ1v) is 14.8. The van der Waals surface area contributed by atoms with Crippen molar-refractivity contribution in [3.05, 3.63) is 77.7 Å². The number of likely N-dealkylation sites (N-methyl/N-ethyl adjacent to an activating group) is 1. The first kappa shape index (κ1) is 31.3. The number of hydrogen-bond donors (Lipinski definition) is 4. The molecule has 5 rings (SSSR count). The number of aryl methyl sites for hydroxylation is 2. The van der Waals surface area contributed by atoms with Gasteiger partial charge in [-0.2, -0.15) is 0 Å². The highest BCUT2D eigenvalue weighted by Gasteiger charge is 2.34. The number of rotatable bonds is 7. The number of aliphatic hydroxyl groups excluding tert-OH is 1. The van der Waals surface area contributed by atoms with Crippen molar-refractivity contribution < 1.29 is 28.8 Å². The van der Waals surface area contributed by atoms with E-state index in [9.17, 15) is 19.5 Å². The summed E-state index contributed by atoms with van der Waals surface area (Å²) in [4.78, 5) is 43.0. The molecule has 0 saturated carbocycles. The zero-order valence-electron chi connectivity index (χ0n) is 26.0. The Bertz CT molecular complexity index is 1700. The molecule has 5 amide bonds. The highest BCUT2D eigenvalue weighted by Crippen LogP contribution is 2.31. The summed E-state index contributed by atoms with van der Waals surface area (Å²) in [6, 6.07) is 17.1. The van der Waals surface area contributed by atoms with Crippen LogP contribution in [0, 0.1) is 19.8 Å². The lowest BCUT2D eigenvalue weighted by Gasteiger charge is -2.38. The number of benzene rings is 3. The molecule has 4 N–H and O–H groups in total. The molecule has 2 heterocycles. The molecule has 12 nitrogen and oxygen atoms in total. The van der Waals surface area contributed by atoms with Crippen LogP contribution in [-0.2, 0) is 0 Å². The maximum absolute atomic E-state index is 13.8. The Hall–Kier alpha value is -5.10. The summed E-state index contributed by atoms with van der Waals surface area (Å²) < 4.78 is 11.5. The van der Waals surface area contributed by atoms with Gasteiger partial charge in [0.15, 0.2) is 5.76 Å². The first-order chi connectivity index (χ1) is 21.5. The molecule has 4 aromatic rings. The maximum Gasteiger partial charge on any atom is 0.323 e. The molecule has 0 radical (unpaired) electrons. The Morgan fingerprint density at radius 1 is 1.09 bits per heavy atom. The van der Waals surface area contributed by atoms with E-state index in [2.05, 4.69) is 21.1 Å². The molecule has 236 valence electrons. The second-order valence-corrected chi connectivity index (χ2v) is 11.4. The third kappa shape index (κ3) is 6.86. The molecule has 0 aliphatic carbocycles. The van der Waals surface area contributed by atoms with Crippen molar-refractivity contribution in [3.63, 3.8) is 0 Å². The quantitative estimate of drug-likeness (QED) is 0.216. The SMILES string of the molecule is Cc1noc(C)c1NC(=O)Nc1ccc2c(c1)C(=O)N([C@@H](C)CO)C[C@H](C)[C@@H](CN(C)C(=O)Nc1cccc3ccccc13)O2. The van der Waals surface area contributed by atoms with Crippen molar-refractivity contribution in [2.45, 2.75) is 39.8 Å². The van der Waals surface area contributed by atoms with Crippen molar-refractivity contribution in [3.8, 4) is 5.75 Å². The van der Waals surface area contributed by atoms with Crippen molar-refractivity contribution in [2.75, 3.05) is 42.7 Å². The van der Waals surface area contributed by atoms with Crippen LogP contribution in [0.4, 0.5) is 26.7 Å². The van der Waals surface area contributed by atoms with E-state index in [1.165, 1.54) is 0 Å². The van der Waals surface area contributed by atoms with Gasteiger partial charge in [-0.3, -0.25) is 4.79 Å². The van der Waals surface area contributed by atoms with E-state index in [4.69, 9.17) is 9.26 Å². The number of ether oxygens (including phenoxy) is 1. The van der Waals surface area contributed by atoms with Crippen LogP contribution in [0.2, 0.25) is 0 Å². The van der Waals surface area contributed by atoms with Gasteiger partial charge in [0, 0.05) is 30.6 Å². The lowest BCUT2D eigenvalue weighted by atomic mass is 9.99. The summed E-state index contributed by atoms with van der Waals surface area (Å²) in [5.41, 5.74) is 2.29. The summed E-state index contributed by atoms with van der Waals surface area (Å²) in [7, 11) is 1.69.